The Hall–Kier alpha value is -1.18. The van der Waals surface area contributed by atoms with Crippen molar-refractivity contribution in [3.05, 3.63) is 0 Å². The van der Waals surface area contributed by atoms with Gasteiger partial charge < -0.3 is 5.11 Å². The van der Waals surface area contributed by atoms with Crippen molar-refractivity contribution < 1.29 is 25.1 Å². The maximum Gasteiger partial charge on any atom is 0.378 e. The summed E-state index contributed by atoms with van der Waals surface area (Å²) in [6.07, 6.45) is -1.99. The van der Waals surface area contributed by atoms with Crippen molar-refractivity contribution in [2.24, 2.45) is 0 Å². The first-order chi connectivity index (χ1) is 4.55. The molecule has 0 saturated carbocycles. The van der Waals surface area contributed by atoms with Crippen LogP contribution in [0.5, 0.6) is 0 Å². The van der Waals surface area contributed by atoms with Gasteiger partial charge in [-0.25, -0.2) is 4.79 Å². The van der Waals surface area contributed by atoms with Gasteiger partial charge in [-0.3, -0.25) is 15.2 Å². The van der Waals surface area contributed by atoms with Gasteiger partial charge in [-0.1, -0.05) is 0 Å². The van der Waals surface area contributed by atoms with E-state index in [-0.39, 0.29) is 10.1 Å². The van der Waals surface area contributed by atoms with E-state index in [1.54, 1.807) is 0 Å². The average Bonchev–Trinajstić information content (AvgIpc) is 2.07. The van der Waals surface area contributed by atoms with Crippen LogP contribution >= 0.6 is 0 Å². The number of hydrogen-bond acceptors (Lipinski definition) is 5. The van der Waals surface area contributed by atoms with Crippen molar-refractivity contribution in [1.29, 1.82) is 0 Å². The number of carbonyl (C=O) groups is 2. The zero-order valence-electron chi connectivity index (χ0n) is 4.63. The standard InChI is InChI=1S/C3H4N2O5/c6-1-2(7)5(10)3(8)4(1)9/h1,6,9-10H. The summed E-state index contributed by atoms with van der Waals surface area (Å²) in [6.45, 7) is 0. The highest BCUT2D eigenvalue weighted by atomic mass is 16.6. The van der Waals surface area contributed by atoms with E-state index in [0.717, 1.165) is 0 Å². The first-order valence-corrected chi connectivity index (χ1v) is 2.28. The van der Waals surface area contributed by atoms with Crippen LogP contribution in [0.4, 0.5) is 4.79 Å². The summed E-state index contributed by atoms with van der Waals surface area (Å²) in [7, 11) is 0. The Bertz CT molecular complexity index is 171. The Balaban J connectivity index is 2.89. The van der Waals surface area contributed by atoms with Gasteiger partial charge in [0.1, 0.15) is 0 Å². The van der Waals surface area contributed by atoms with Crippen LogP contribution in [0.1, 0.15) is 0 Å². The van der Waals surface area contributed by atoms with E-state index in [0.29, 0.717) is 0 Å². The lowest BCUT2D eigenvalue weighted by Gasteiger charge is -2.05. The van der Waals surface area contributed by atoms with Crippen LogP contribution < -0.4 is 0 Å². The normalized spacial score (nSPS) is 26.5. The fraction of sp³-hybridized carbons (Fsp3) is 0.333. The Labute approximate surface area is 54.6 Å². The predicted molar refractivity (Wildman–Crippen MR) is 23.7 cm³/mol. The molecule has 1 fully saturated rings. The number of hydrogen-bond donors (Lipinski definition) is 3. The molecule has 0 aromatic rings. The Morgan fingerprint density at radius 2 is 1.80 bits per heavy atom. The van der Waals surface area contributed by atoms with Crippen LogP contribution in [-0.2, 0) is 4.79 Å². The van der Waals surface area contributed by atoms with Crippen LogP contribution in [0.2, 0.25) is 0 Å². The predicted octanol–water partition coefficient (Wildman–Crippen LogP) is -1.65. The number of amides is 3. The van der Waals surface area contributed by atoms with Crippen molar-refractivity contribution in [3.8, 4) is 0 Å². The van der Waals surface area contributed by atoms with Gasteiger partial charge in [0.15, 0.2) is 0 Å². The molecule has 1 aliphatic heterocycles. The monoisotopic (exact) mass is 148 g/mol. The molecule has 1 atom stereocenters. The molecular formula is C3H4N2O5. The molecule has 7 nitrogen and oxygen atoms in total. The minimum absolute atomic E-state index is 0.275. The number of hydroxylamine groups is 4. The van der Waals surface area contributed by atoms with Crippen LogP contribution in [-0.4, -0.2) is 43.8 Å². The van der Waals surface area contributed by atoms with Crippen LogP contribution in [0.25, 0.3) is 0 Å². The molecule has 0 radical (unpaired) electrons. The van der Waals surface area contributed by atoms with Crippen LogP contribution in [0.15, 0.2) is 0 Å². The number of aliphatic hydroxyl groups is 1. The lowest BCUT2D eigenvalue weighted by Crippen LogP contribution is -2.31. The van der Waals surface area contributed by atoms with Crippen molar-refractivity contribution in [2.45, 2.75) is 6.23 Å². The highest BCUT2D eigenvalue weighted by molar-refractivity contribution is 6.00. The summed E-state index contributed by atoms with van der Waals surface area (Å²) in [5.41, 5.74) is 0. The van der Waals surface area contributed by atoms with Crippen LogP contribution in [0, 0.1) is 0 Å². The molecule has 1 saturated heterocycles. The van der Waals surface area contributed by atoms with Gasteiger partial charge >= 0.3 is 11.9 Å². The zero-order chi connectivity index (χ0) is 7.89. The lowest BCUT2D eigenvalue weighted by atomic mass is 10.6. The summed E-state index contributed by atoms with van der Waals surface area (Å²) >= 11 is 0. The van der Waals surface area contributed by atoms with Crippen molar-refractivity contribution in [3.63, 3.8) is 0 Å². The third kappa shape index (κ3) is 0.652. The number of carbonyl (C=O) groups excluding carboxylic acids is 2. The Kier molecular flexibility index (Phi) is 1.32. The van der Waals surface area contributed by atoms with Gasteiger partial charge in [-0.2, -0.15) is 5.06 Å². The Morgan fingerprint density at radius 1 is 1.30 bits per heavy atom. The first kappa shape index (κ1) is 6.93. The number of nitrogens with zero attached hydrogens (tertiary/aromatic N) is 2. The molecule has 0 aromatic carbocycles. The fourth-order valence-corrected chi connectivity index (χ4v) is 0.510. The topological polar surface area (TPSA) is 101 Å². The number of aliphatic hydroxyl groups excluding tert-OH is 1. The van der Waals surface area contributed by atoms with Gasteiger partial charge in [-0.05, 0) is 0 Å². The molecule has 0 aromatic heterocycles. The van der Waals surface area contributed by atoms with Crippen molar-refractivity contribution >= 4 is 11.9 Å². The molecule has 3 amide bonds. The molecule has 10 heavy (non-hydrogen) atoms. The maximum absolute atomic E-state index is 10.3. The summed E-state index contributed by atoms with van der Waals surface area (Å²) in [6, 6.07) is -1.36. The third-order valence-electron chi connectivity index (χ3n) is 1.04. The molecule has 7 heteroatoms. The smallest absolute Gasteiger partial charge is 0.364 e. The zero-order valence-corrected chi connectivity index (χ0v) is 4.63. The highest BCUT2D eigenvalue weighted by Crippen LogP contribution is 2.09. The average molecular weight is 148 g/mol. The highest BCUT2D eigenvalue weighted by Gasteiger charge is 2.43. The van der Waals surface area contributed by atoms with Crippen molar-refractivity contribution in [1.82, 2.24) is 10.1 Å². The summed E-state index contributed by atoms with van der Waals surface area (Å²) < 4.78 is 0. The van der Waals surface area contributed by atoms with E-state index in [1.165, 1.54) is 0 Å². The SMILES string of the molecule is O=C1C(O)N(O)C(=O)N1O. The first-order valence-electron chi connectivity index (χ1n) is 2.28. The molecule has 1 unspecified atom stereocenters. The van der Waals surface area contributed by atoms with Gasteiger partial charge in [0.25, 0.3) is 0 Å². The largest absolute Gasteiger partial charge is 0.378 e. The minimum Gasteiger partial charge on any atom is -0.364 e. The van der Waals surface area contributed by atoms with Crippen LogP contribution in [0.3, 0.4) is 0 Å². The molecule has 1 rings (SSSR count). The summed E-state index contributed by atoms with van der Waals surface area (Å²) in [4.78, 5) is 20.6. The molecule has 0 aliphatic carbocycles. The molecule has 1 heterocycles. The lowest BCUT2D eigenvalue weighted by molar-refractivity contribution is -0.166. The van der Waals surface area contributed by atoms with Gasteiger partial charge in [0.2, 0.25) is 6.23 Å². The van der Waals surface area contributed by atoms with Gasteiger partial charge in [0.05, 0.1) is 0 Å². The van der Waals surface area contributed by atoms with E-state index in [2.05, 4.69) is 0 Å². The third-order valence-corrected chi connectivity index (χ3v) is 1.04. The maximum atomic E-state index is 10.3. The molecule has 1 aliphatic rings. The number of urea groups is 1. The Morgan fingerprint density at radius 3 is 1.90 bits per heavy atom. The van der Waals surface area contributed by atoms with Crippen molar-refractivity contribution in [2.75, 3.05) is 0 Å². The summed E-state index contributed by atoms with van der Waals surface area (Å²) in [5.74, 6) is -1.27. The van der Waals surface area contributed by atoms with E-state index in [4.69, 9.17) is 15.5 Å². The quantitative estimate of drug-likeness (QED) is 0.282. The van der Waals surface area contributed by atoms with E-state index in [1.807, 2.05) is 0 Å². The second-order valence-corrected chi connectivity index (χ2v) is 1.65. The number of rotatable bonds is 0. The second-order valence-electron chi connectivity index (χ2n) is 1.65. The van der Waals surface area contributed by atoms with E-state index in [9.17, 15) is 9.59 Å². The molecule has 56 valence electrons. The van der Waals surface area contributed by atoms with Gasteiger partial charge in [0, 0.05) is 0 Å². The molecular weight excluding hydrogens is 144 g/mol. The number of imide groups is 1. The minimum atomic E-state index is -1.99. The molecule has 3 N–H and O–H groups in total. The van der Waals surface area contributed by atoms with Gasteiger partial charge in [-0.15, -0.1) is 5.06 Å². The molecule has 0 spiro atoms. The van der Waals surface area contributed by atoms with E-state index >= 15 is 0 Å². The fourth-order valence-electron chi connectivity index (χ4n) is 0.510. The van der Waals surface area contributed by atoms with E-state index < -0.39 is 18.2 Å². The second kappa shape index (κ2) is 1.90. The molecule has 0 bridgehead atoms. The summed E-state index contributed by atoms with van der Waals surface area (Å²) in [5, 5.41) is 24.7.